The standard InChI is InChI=1S/C20H32N4O4/c1-21-20(23-8-4-11-27-14-16-7-12-28-15-16)24-10-9-22-19(25)17-5-3-6-18(13-17)26-2/h3,5-6,13,16H,4,7-12,14-15H2,1-2H3,(H,22,25)(H2,21,23,24). The Hall–Kier alpha value is -2.32. The fourth-order valence-electron chi connectivity index (χ4n) is 2.79. The normalized spacial score (nSPS) is 16.6. The maximum atomic E-state index is 12.1. The summed E-state index contributed by atoms with van der Waals surface area (Å²) in [4.78, 5) is 16.3. The van der Waals surface area contributed by atoms with Gasteiger partial charge in [0.15, 0.2) is 5.96 Å². The van der Waals surface area contributed by atoms with Crippen molar-refractivity contribution in [2.24, 2.45) is 10.9 Å². The highest BCUT2D eigenvalue weighted by Gasteiger charge is 2.15. The van der Waals surface area contributed by atoms with E-state index in [0.29, 0.717) is 36.3 Å². The molecule has 28 heavy (non-hydrogen) atoms. The van der Waals surface area contributed by atoms with Gasteiger partial charge in [-0.1, -0.05) is 6.07 Å². The topological polar surface area (TPSA) is 93.2 Å². The first-order chi connectivity index (χ1) is 13.7. The van der Waals surface area contributed by atoms with E-state index in [2.05, 4.69) is 20.9 Å². The Morgan fingerprint density at radius 2 is 2.07 bits per heavy atom. The molecule has 1 fully saturated rings. The number of guanidine groups is 1. The summed E-state index contributed by atoms with van der Waals surface area (Å²) >= 11 is 0. The minimum Gasteiger partial charge on any atom is -0.497 e. The van der Waals surface area contributed by atoms with Crippen molar-refractivity contribution < 1.29 is 19.0 Å². The van der Waals surface area contributed by atoms with Gasteiger partial charge >= 0.3 is 0 Å². The number of hydrogen-bond acceptors (Lipinski definition) is 5. The fourth-order valence-corrected chi connectivity index (χ4v) is 2.79. The molecular weight excluding hydrogens is 360 g/mol. The monoisotopic (exact) mass is 392 g/mol. The van der Waals surface area contributed by atoms with Crippen molar-refractivity contribution in [3.8, 4) is 5.75 Å². The molecular formula is C20H32N4O4. The van der Waals surface area contributed by atoms with Crippen LogP contribution in [-0.4, -0.2) is 72.1 Å². The molecule has 1 saturated heterocycles. The fraction of sp³-hybridized carbons (Fsp3) is 0.600. The van der Waals surface area contributed by atoms with Crippen molar-refractivity contribution in [1.29, 1.82) is 0 Å². The van der Waals surface area contributed by atoms with E-state index in [1.54, 1.807) is 32.4 Å². The van der Waals surface area contributed by atoms with E-state index in [9.17, 15) is 4.79 Å². The summed E-state index contributed by atoms with van der Waals surface area (Å²) in [7, 11) is 3.30. The van der Waals surface area contributed by atoms with Crippen molar-refractivity contribution in [2.45, 2.75) is 12.8 Å². The van der Waals surface area contributed by atoms with E-state index < -0.39 is 0 Å². The second kappa shape index (κ2) is 13.0. The lowest BCUT2D eigenvalue weighted by molar-refractivity contribution is 0.0887. The summed E-state index contributed by atoms with van der Waals surface area (Å²) in [5, 5.41) is 9.28. The minimum atomic E-state index is -0.131. The van der Waals surface area contributed by atoms with Crippen LogP contribution in [0, 0.1) is 5.92 Å². The molecule has 0 aliphatic carbocycles. The molecule has 1 aromatic rings. The van der Waals surface area contributed by atoms with E-state index >= 15 is 0 Å². The zero-order chi connectivity index (χ0) is 20.0. The number of benzene rings is 1. The lowest BCUT2D eigenvalue weighted by atomic mass is 10.1. The van der Waals surface area contributed by atoms with Gasteiger partial charge in [-0.15, -0.1) is 0 Å². The Bertz CT molecular complexity index is 618. The Balaban J connectivity index is 1.52. The second-order valence-electron chi connectivity index (χ2n) is 6.57. The zero-order valence-corrected chi connectivity index (χ0v) is 16.8. The van der Waals surface area contributed by atoms with Gasteiger partial charge in [-0.05, 0) is 31.0 Å². The quantitative estimate of drug-likeness (QED) is 0.296. The molecule has 0 radical (unpaired) electrons. The molecule has 0 saturated carbocycles. The SMILES string of the molecule is CN=C(NCCCOCC1CCOC1)NCCNC(=O)c1cccc(OC)c1. The molecule has 8 heteroatoms. The van der Waals surface area contributed by atoms with E-state index in [0.717, 1.165) is 45.8 Å². The molecule has 0 spiro atoms. The average Bonchev–Trinajstić information content (AvgIpc) is 3.25. The van der Waals surface area contributed by atoms with Gasteiger partial charge < -0.3 is 30.2 Å². The summed E-state index contributed by atoms with van der Waals surface area (Å²) in [5.41, 5.74) is 0.575. The largest absolute Gasteiger partial charge is 0.497 e. The highest BCUT2D eigenvalue weighted by Crippen LogP contribution is 2.12. The molecule has 0 aromatic heterocycles. The van der Waals surface area contributed by atoms with Gasteiger partial charge in [0, 0.05) is 51.4 Å². The number of amides is 1. The molecule has 3 N–H and O–H groups in total. The van der Waals surface area contributed by atoms with Gasteiger partial charge in [-0.2, -0.15) is 0 Å². The molecule has 1 aromatic carbocycles. The number of nitrogens with zero attached hydrogens (tertiary/aromatic N) is 1. The Kier molecular flexibility index (Phi) is 10.2. The number of aliphatic imine (C=N–C) groups is 1. The van der Waals surface area contributed by atoms with Crippen LogP contribution in [0.3, 0.4) is 0 Å². The first-order valence-corrected chi connectivity index (χ1v) is 9.75. The third-order valence-corrected chi connectivity index (χ3v) is 4.39. The first kappa shape index (κ1) is 22.0. The molecule has 1 amide bonds. The van der Waals surface area contributed by atoms with Crippen LogP contribution in [0.5, 0.6) is 5.75 Å². The molecule has 156 valence electrons. The van der Waals surface area contributed by atoms with E-state index in [1.807, 2.05) is 6.07 Å². The van der Waals surface area contributed by atoms with E-state index in [-0.39, 0.29) is 5.91 Å². The molecule has 1 aliphatic heterocycles. The van der Waals surface area contributed by atoms with Crippen LogP contribution in [0.15, 0.2) is 29.3 Å². The Morgan fingerprint density at radius 1 is 1.25 bits per heavy atom. The molecule has 0 bridgehead atoms. The number of carbonyl (C=O) groups is 1. The molecule has 1 aliphatic rings. The van der Waals surface area contributed by atoms with Crippen LogP contribution < -0.4 is 20.7 Å². The number of carbonyl (C=O) groups excluding carboxylic acids is 1. The predicted octanol–water partition coefficient (Wildman–Crippen LogP) is 1.03. The van der Waals surface area contributed by atoms with Gasteiger partial charge in [-0.25, -0.2) is 0 Å². The van der Waals surface area contributed by atoms with Gasteiger partial charge in [0.25, 0.3) is 5.91 Å². The number of ether oxygens (including phenoxy) is 3. The summed E-state index contributed by atoms with van der Waals surface area (Å²) < 4.78 is 16.1. The zero-order valence-electron chi connectivity index (χ0n) is 16.8. The van der Waals surface area contributed by atoms with Crippen molar-refractivity contribution in [3.63, 3.8) is 0 Å². The maximum Gasteiger partial charge on any atom is 0.251 e. The number of nitrogens with one attached hydrogen (secondary N) is 3. The van der Waals surface area contributed by atoms with Crippen LogP contribution >= 0.6 is 0 Å². The molecule has 1 unspecified atom stereocenters. The minimum absolute atomic E-state index is 0.131. The third-order valence-electron chi connectivity index (χ3n) is 4.39. The predicted molar refractivity (Wildman–Crippen MR) is 109 cm³/mol. The Labute approximate surface area is 167 Å². The van der Waals surface area contributed by atoms with Crippen molar-refractivity contribution in [3.05, 3.63) is 29.8 Å². The molecule has 2 rings (SSSR count). The van der Waals surface area contributed by atoms with Crippen LogP contribution in [0.2, 0.25) is 0 Å². The maximum absolute atomic E-state index is 12.1. The lowest BCUT2D eigenvalue weighted by Crippen LogP contribution is -2.42. The average molecular weight is 393 g/mol. The lowest BCUT2D eigenvalue weighted by Gasteiger charge is -2.13. The summed E-state index contributed by atoms with van der Waals surface area (Å²) in [6.45, 7) is 5.02. The highest BCUT2D eigenvalue weighted by atomic mass is 16.5. The van der Waals surface area contributed by atoms with Gasteiger partial charge in [-0.3, -0.25) is 9.79 Å². The smallest absolute Gasteiger partial charge is 0.251 e. The van der Waals surface area contributed by atoms with Gasteiger partial charge in [0.05, 0.1) is 20.3 Å². The third kappa shape index (κ3) is 8.14. The van der Waals surface area contributed by atoms with Gasteiger partial charge in [0.1, 0.15) is 5.75 Å². The van der Waals surface area contributed by atoms with Crippen molar-refractivity contribution in [2.75, 3.05) is 60.2 Å². The number of rotatable bonds is 11. The molecule has 8 nitrogen and oxygen atoms in total. The van der Waals surface area contributed by atoms with E-state index in [4.69, 9.17) is 14.2 Å². The summed E-state index contributed by atoms with van der Waals surface area (Å²) in [5.74, 6) is 1.79. The van der Waals surface area contributed by atoms with Crippen LogP contribution in [-0.2, 0) is 9.47 Å². The van der Waals surface area contributed by atoms with Gasteiger partial charge in [0.2, 0.25) is 0 Å². The summed E-state index contributed by atoms with van der Waals surface area (Å²) in [6, 6.07) is 7.07. The van der Waals surface area contributed by atoms with Crippen LogP contribution in [0.25, 0.3) is 0 Å². The number of methoxy groups -OCH3 is 1. The van der Waals surface area contributed by atoms with Crippen LogP contribution in [0.4, 0.5) is 0 Å². The van der Waals surface area contributed by atoms with Crippen molar-refractivity contribution >= 4 is 11.9 Å². The highest BCUT2D eigenvalue weighted by molar-refractivity contribution is 5.94. The number of hydrogen-bond donors (Lipinski definition) is 3. The van der Waals surface area contributed by atoms with Crippen LogP contribution in [0.1, 0.15) is 23.2 Å². The summed E-state index contributed by atoms with van der Waals surface area (Å²) in [6.07, 6.45) is 2.00. The first-order valence-electron chi connectivity index (χ1n) is 9.75. The molecule has 1 atom stereocenters. The van der Waals surface area contributed by atoms with E-state index in [1.165, 1.54) is 0 Å². The second-order valence-corrected chi connectivity index (χ2v) is 6.57. The van der Waals surface area contributed by atoms with Crippen molar-refractivity contribution in [1.82, 2.24) is 16.0 Å². The Morgan fingerprint density at radius 3 is 2.82 bits per heavy atom. The molecule has 1 heterocycles.